The lowest BCUT2D eigenvalue weighted by Gasteiger charge is -2.19. The van der Waals surface area contributed by atoms with Gasteiger partial charge in [0.05, 0.1) is 5.69 Å². The van der Waals surface area contributed by atoms with E-state index >= 15 is 0 Å². The van der Waals surface area contributed by atoms with Crippen molar-refractivity contribution < 1.29 is 24.2 Å². The number of rotatable bonds is 4. The summed E-state index contributed by atoms with van der Waals surface area (Å²) >= 11 is 0. The van der Waals surface area contributed by atoms with Gasteiger partial charge in [-0.1, -0.05) is 13.0 Å². The summed E-state index contributed by atoms with van der Waals surface area (Å²) in [4.78, 5) is 35.4. The molecule has 1 aliphatic carbocycles. The Kier molecular flexibility index (Phi) is 5.25. The molecule has 0 fully saturated rings. The van der Waals surface area contributed by atoms with Crippen molar-refractivity contribution in [1.29, 1.82) is 0 Å². The molecule has 26 heavy (non-hydrogen) atoms. The second kappa shape index (κ2) is 7.07. The predicted molar refractivity (Wildman–Crippen MR) is 95.7 cm³/mol. The highest BCUT2D eigenvalue weighted by atomic mass is 16.6. The molecule has 1 aromatic heterocycles. The Morgan fingerprint density at radius 3 is 2.42 bits per heavy atom. The minimum Gasteiger partial charge on any atom is -0.478 e. The molecule has 0 saturated heterocycles. The number of hydrogen-bond donors (Lipinski definition) is 3. The SMILES string of the molecule is CC1C=C(NC(=O)c2cc(NC(=O)OC(C)(C)C)cn2C)C=C1C(=O)O. The molecule has 8 nitrogen and oxygen atoms in total. The maximum Gasteiger partial charge on any atom is 0.412 e. The van der Waals surface area contributed by atoms with Crippen molar-refractivity contribution in [1.82, 2.24) is 9.88 Å². The van der Waals surface area contributed by atoms with Gasteiger partial charge in [0.25, 0.3) is 5.91 Å². The van der Waals surface area contributed by atoms with Crippen LogP contribution in [-0.4, -0.2) is 33.2 Å². The van der Waals surface area contributed by atoms with Crippen LogP contribution in [0.3, 0.4) is 0 Å². The van der Waals surface area contributed by atoms with Crippen LogP contribution < -0.4 is 10.6 Å². The number of carbonyl (C=O) groups excluding carboxylic acids is 2. The van der Waals surface area contributed by atoms with Gasteiger partial charge in [0.2, 0.25) is 0 Å². The van der Waals surface area contributed by atoms with Crippen molar-refractivity contribution in [3.05, 3.63) is 41.4 Å². The number of allylic oxidation sites excluding steroid dienone is 2. The molecule has 0 bridgehead atoms. The fraction of sp³-hybridized carbons (Fsp3) is 0.389. The minimum absolute atomic E-state index is 0.222. The normalized spacial score (nSPS) is 16.6. The van der Waals surface area contributed by atoms with Crippen molar-refractivity contribution in [2.45, 2.75) is 33.3 Å². The van der Waals surface area contributed by atoms with E-state index in [-0.39, 0.29) is 11.5 Å². The zero-order valence-corrected chi connectivity index (χ0v) is 15.4. The van der Waals surface area contributed by atoms with E-state index in [4.69, 9.17) is 9.84 Å². The topological polar surface area (TPSA) is 110 Å². The molecule has 1 heterocycles. The summed E-state index contributed by atoms with van der Waals surface area (Å²) in [6, 6.07) is 1.51. The molecule has 1 unspecified atom stereocenters. The highest BCUT2D eigenvalue weighted by Crippen LogP contribution is 2.23. The fourth-order valence-electron chi connectivity index (χ4n) is 2.52. The third kappa shape index (κ3) is 4.75. The van der Waals surface area contributed by atoms with Gasteiger partial charge < -0.3 is 19.7 Å². The molecule has 8 heteroatoms. The van der Waals surface area contributed by atoms with Crippen LogP contribution >= 0.6 is 0 Å². The summed E-state index contributed by atoms with van der Waals surface area (Å²) in [6.45, 7) is 7.01. The highest BCUT2D eigenvalue weighted by molar-refractivity contribution is 5.97. The van der Waals surface area contributed by atoms with Crippen molar-refractivity contribution >= 4 is 23.7 Å². The van der Waals surface area contributed by atoms with Gasteiger partial charge in [-0.2, -0.15) is 0 Å². The second-order valence-corrected chi connectivity index (χ2v) is 7.12. The number of carbonyl (C=O) groups is 3. The largest absolute Gasteiger partial charge is 0.478 e. The molecule has 0 spiro atoms. The van der Waals surface area contributed by atoms with Gasteiger partial charge in [0.1, 0.15) is 11.3 Å². The smallest absolute Gasteiger partial charge is 0.412 e. The molecular formula is C18H23N3O5. The molecule has 1 atom stereocenters. The number of hydrogen-bond acceptors (Lipinski definition) is 4. The Hall–Kier alpha value is -3.03. The first-order chi connectivity index (χ1) is 12.0. The molecule has 0 aliphatic heterocycles. The Labute approximate surface area is 151 Å². The zero-order valence-electron chi connectivity index (χ0n) is 15.4. The van der Waals surface area contributed by atoms with Crippen LogP contribution in [-0.2, 0) is 16.6 Å². The lowest BCUT2D eigenvalue weighted by Crippen LogP contribution is -2.27. The molecule has 3 N–H and O–H groups in total. The van der Waals surface area contributed by atoms with Crippen molar-refractivity contribution in [3.63, 3.8) is 0 Å². The Balaban J connectivity index is 2.07. The number of carboxylic acid groups (broad SMARTS) is 1. The number of anilines is 1. The van der Waals surface area contributed by atoms with E-state index in [0.29, 0.717) is 17.1 Å². The first-order valence-corrected chi connectivity index (χ1v) is 8.10. The molecule has 1 aliphatic rings. The maximum atomic E-state index is 12.4. The average molecular weight is 361 g/mol. The van der Waals surface area contributed by atoms with E-state index in [1.807, 2.05) is 0 Å². The number of nitrogens with zero attached hydrogens (tertiary/aromatic N) is 1. The van der Waals surface area contributed by atoms with Gasteiger partial charge in [-0.15, -0.1) is 0 Å². The summed E-state index contributed by atoms with van der Waals surface area (Å²) in [5, 5.41) is 14.3. The van der Waals surface area contributed by atoms with Crippen LogP contribution in [0.1, 0.15) is 38.2 Å². The third-order valence-corrected chi connectivity index (χ3v) is 3.62. The van der Waals surface area contributed by atoms with Crippen molar-refractivity contribution in [2.24, 2.45) is 13.0 Å². The van der Waals surface area contributed by atoms with Gasteiger partial charge in [-0.3, -0.25) is 10.1 Å². The summed E-state index contributed by atoms with van der Waals surface area (Å²) in [6.07, 6.45) is 4.08. The van der Waals surface area contributed by atoms with E-state index in [0.717, 1.165) is 0 Å². The summed E-state index contributed by atoms with van der Waals surface area (Å²) in [5.74, 6) is -1.70. The number of carboxylic acids is 1. The Morgan fingerprint density at radius 1 is 1.23 bits per heavy atom. The van der Waals surface area contributed by atoms with Crippen LogP contribution in [0, 0.1) is 5.92 Å². The third-order valence-electron chi connectivity index (χ3n) is 3.62. The molecule has 0 radical (unpaired) electrons. The number of nitrogens with one attached hydrogen (secondary N) is 2. The van der Waals surface area contributed by atoms with E-state index in [1.165, 1.54) is 12.1 Å². The number of aromatic nitrogens is 1. The Bertz CT molecular complexity index is 811. The first-order valence-electron chi connectivity index (χ1n) is 8.10. The number of aliphatic carboxylic acids is 1. The Morgan fingerprint density at radius 2 is 1.88 bits per heavy atom. The summed E-state index contributed by atoms with van der Waals surface area (Å²) in [5.41, 5.74) is 0.755. The van der Waals surface area contributed by atoms with E-state index in [9.17, 15) is 14.4 Å². The van der Waals surface area contributed by atoms with Crippen LogP contribution in [0.5, 0.6) is 0 Å². The minimum atomic E-state index is -1.01. The number of ether oxygens (including phenoxy) is 1. The number of amides is 2. The fourth-order valence-corrected chi connectivity index (χ4v) is 2.52. The zero-order chi connectivity index (χ0) is 19.6. The summed E-state index contributed by atoms with van der Waals surface area (Å²) in [7, 11) is 1.67. The van der Waals surface area contributed by atoms with E-state index < -0.39 is 23.6 Å². The molecular weight excluding hydrogens is 338 g/mol. The quantitative estimate of drug-likeness (QED) is 0.764. The van der Waals surface area contributed by atoms with Gasteiger partial charge in [0, 0.05) is 30.4 Å². The van der Waals surface area contributed by atoms with Crippen LogP contribution in [0.4, 0.5) is 10.5 Å². The summed E-state index contributed by atoms with van der Waals surface area (Å²) < 4.78 is 6.73. The second-order valence-electron chi connectivity index (χ2n) is 7.12. The first kappa shape index (κ1) is 19.3. The maximum absolute atomic E-state index is 12.4. The standard InChI is InChI=1S/C18H23N3O5/c1-10-6-11(7-13(10)16(23)24)19-15(22)14-8-12(9-21(14)5)20-17(25)26-18(2,3)4/h6-10H,1-5H3,(H,19,22)(H,20,25)(H,23,24). The van der Waals surface area contributed by atoms with E-state index in [2.05, 4.69) is 10.6 Å². The van der Waals surface area contributed by atoms with Gasteiger partial charge in [-0.05, 0) is 32.9 Å². The number of aryl methyl sites for hydroxylation is 1. The van der Waals surface area contributed by atoms with Crippen LogP contribution in [0.2, 0.25) is 0 Å². The van der Waals surface area contributed by atoms with Gasteiger partial charge >= 0.3 is 12.1 Å². The van der Waals surface area contributed by atoms with Gasteiger partial charge in [0.15, 0.2) is 0 Å². The molecule has 2 rings (SSSR count). The van der Waals surface area contributed by atoms with Gasteiger partial charge in [-0.25, -0.2) is 9.59 Å². The van der Waals surface area contributed by atoms with E-state index in [1.54, 1.807) is 51.6 Å². The molecule has 140 valence electrons. The van der Waals surface area contributed by atoms with Crippen molar-refractivity contribution in [2.75, 3.05) is 5.32 Å². The molecule has 0 saturated carbocycles. The molecule has 1 aromatic rings. The average Bonchev–Trinajstić information content (AvgIpc) is 2.99. The molecule has 0 aromatic carbocycles. The lowest BCUT2D eigenvalue weighted by molar-refractivity contribution is -0.133. The van der Waals surface area contributed by atoms with Crippen LogP contribution in [0.15, 0.2) is 35.7 Å². The van der Waals surface area contributed by atoms with Crippen LogP contribution in [0.25, 0.3) is 0 Å². The highest BCUT2D eigenvalue weighted by Gasteiger charge is 2.23. The monoisotopic (exact) mass is 361 g/mol. The predicted octanol–water partition coefficient (Wildman–Crippen LogP) is 2.65. The molecule has 2 amide bonds. The lowest BCUT2D eigenvalue weighted by atomic mass is 10.1. The van der Waals surface area contributed by atoms with Crippen molar-refractivity contribution in [3.8, 4) is 0 Å².